The van der Waals surface area contributed by atoms with E-state index in [1.165, 1.54) is 0 Å². The minimum absolute atomic E-state index is 0.584. The largest absolute Gasteiger partial charge is 0.128 e. The summed E-state index contributed by atoms with van der Waals surface area (Å²) in [5.41, 5.74) is 2.15. The van der Waals surface area contributed by atoms with Gasteiger partial charge in [0.25, 0.3) is 0 Å². The summed E-state index contributed by atoms with van der Waals surface area (Å²) in [6.07, 6.45) is 0.680. The summed E-state index contributed by atoms with van der Waals surface area (Å²) in [5.74, 6) is 0. The Hall–Kier alpha value is -0.500. The van der Waals surface area contributed by atoms with Crippen LogP contribution in [0.15, 0.2) is 54.6 Å². The standard InChI is InChI=1S/C14H11BrCl2/c15-14(17,12-6-2-1-3-7-12)10-11-5-4-8-13(16)9-11/h1-9H,10H2. The van der Waals surface area contributed by atoms with Crippen LogP contribution in [-0.4, -0.2) is 0 Å². The third-order valence-electron chi connectivity index (χ3n) is 2.51. The molecule has 0 spiro atoms. The zero-order chi connectivity index (χ0) is 12.3. The maximum Gasteiger partial charge on any atom is 0.128 e. The van der Waals surface area contributed by atoms with Crippen LogP contribution in [0.2, 0.25) is 5.02 Å². The van der Waals surface area contributed by atoms with Crippen LogP contribution >= 0.6 is 39.1 Å². The predicted octanol–water partition coefficient (Wildman–Crippen LogP) is 5.37. The molecule has 88 valence electrons. The number of hydrogen-bond acceptors (Lipinski definition) is 0. The molecule has 1 atom stereocenters. The lowest BCUT2D eigenvalue weighted by Crippen LogP contribution is -2.13. The van der Waals surface area contributed by atoms with Crippen LogP contribution in [0.1, 0.15) is 11.1 Å². The second kappa shape index (κ2) is 5.43. The summed E-state index contributed by atoms with van der Waals surface area (Å²) in [6.45, 7) is 0. The number of halogens is 3. The van der Waals surface area contributed by atoms with Gasteiger partial charge < -0.3 is 0 Å². The van der Waals surface area contributed by atoms with E-state index in [2.05, 4.69) is 15.9 Å². The molecule has 0 saturated heterocycles. The van der Waals surface area contributed by atoms with E-state index in [1.807, 2.05) is 54.6 Å². The van der Waals surface area contributed by atoms with E-state index in [1.54, 1.807) is 0 Å². The van der Waals surface area contributed by atoms with Crippen molar-refractivity contribution in [1.82, 2.24) is 0 Å². The average Bonchev–Trinajstić information content (AvgIpc) is 2.29. The van der Waals surface area contributed by atoms with Crippen LogP contribution in [0.4, 0.5) is 0 Å². The fraction of sp³-hybridized carbons (Fsp3) is 0.143. The van der Waals surface area contributed by atoms with Crippen LogP contribution in [0, 0.1) is 0 Å². The molecule has 0 aliphatic carbocycles. The van der Waals surface area contributed by atoms with Crippen molar-refractivity contribution in [2.75, 3.05) is 0 Å². The van der Waals surface area contributed by atoms with Crippen LogP contribution in [0.3, 0.4) is 0 Å². The molecule has 0 aliphatic heterocycles. The van der Waals surface area contributed by atoms with E-state index in [0.29, 0.717) is 6.42 Å². The van der Waals surface area contributed by atoms with Crippen molar-refractivity contribution in [1.29, 1.82) is 0 Å². The van der Waals surface area contributed by atoms with Gasteiger partial charge in [-0.15, -0.1) is 11.6 Å². The Morgan fingerprint density at radius 2 is 1.71 bits per heavy atom. The minimum atomic E-state index is -0.584. The van der Waals surface area contributed by atoms with Crippen molar-refractivity contribution in [3.8, 4) is 0 Å². The molecule has 1 unspecified atom stereocenters. The van der Waals surface area contributed by atoms with Gasteiger partial charge in [-0.25, -0.2) is 0 Å². The van der Waals surface area contributed by atoms with E-state index in [-0.39, 0.29) is 0 Å². The summed E-state index contributed by atoms with van der Waals surface area (Å²) >= 11 is 16.1. The van der Waals surface area contributed by atoms with Crippen molar-refractivity contribution < 1.29 is 0 Å². The lowest BCUT2D eigenvalue weighted by molar-refractivity contribution is 0.868. The van der Waals surface area contributed by atoms with Gasteiger partial charge in [0.05, 0.1) is 0 Å². The normalized spacial score (nSPS) is 14.3. The monoisotopic (exact) mass is 328 g/mol. The first-order valence-corrected chi connectivity index (χ1v) is 6.81. The quantitative estimate of drug-likeness (QED) is 0.664. The van der Waals surface area contributed by atoms with Gasteiger partial charge in [-0.2, -0.15) is 0 Å². The van der Waals surface area contributed by atoms with Gasteiger partial charge in [0.1, 0.15) is 3.78 Å². The van der Waals surface area contributed by atoms with E-state index in [0.717, 1.165) is 16.1 Å². The maximum atomic E-state index is 6.52. The van der Waals surface area contributed by atoms with E-state index >= 15 is 0 Å². The first kappa shape index (κ1) is 12.9. The molecule has 0 fully saturated rings. The van der Waals surface area contributed by atoms with Gasteiger partial charge in [-0.3, -0.25) is 0 Å². The molecule has 2 aromatic carbocycles. The SMILES string of the molecule is Clc1cccc(CC(Cl)(Br)c2ccccc2)c1. The Kier molecular flexibility index (Phi) is 4.13. The van der Waals surface area contributed by atoms with Gasteiger partial charge in [-0.1, -0.05) is 70.0 Å². The minimum Gasteiger partial charge on any atom is -0.101 e. The third kappa shape index (κ3) is 3.48. The summed E-state index contributed by atoms with van der Waals surface area (Å²) in [6, 6.07) is 17.7. The van der Waals surface area contributed by atoms with Gasteiger partial charge >= 0.3 is 0 Å². The van der Waals surface area contributed by atoms with Crippen molar-refractivity contribution in [3.63, 3.8) is 0 Å². The van der Waals surface area contributed by atoms with E-state index in [4.69, 9.17) is 23.2 Å². The molecule has 0 saturated carbocycles. The molecular formula is C14H11BrCl2. The molecule has 0 radical (unpaired) electrons. The number of hydrogen-bond donors (Lipinski definition) is 0. The number of benzene rings is 2. The molecule has 17 heavy (non-hydrogen) atoms. The Morgan fingerprint density at radius 3 is 2.35 bits per heavy atom. The molecule has 0 aliphatic rings. The summed E-state index contributed by atoms with van der Waals surface area (Å²) < 4.78 is -0.584. The second-order valence-corrected chi connectivity index (χ2v) is 6.77. The lowest BCUT2D eigenvalue weighted by Gasteiger charge is -2.20. The highest BCUT2D eigenvalue weighted by Crippen LogP contribution is 2.39. The molecular weight excluding hydrogens is 319 g/mol. The van der Waals surface area contributed by atoms with E-state index < -0.39 is 3.78 Å². The number of rotatable bonds is 3. The van der Waals surface area contributed by atoms with Gasteiger partial charge in [0.15, 0.2) is 0 Å². The smallest absolute Gasteiger partial charge is 0.101 e. The van der Waals surface area contributed by atoms with Gasteiger partial charge in [-0.05, 0) is 23.3 Å². The van der Waals surface area contributed by atoms with Gasteiger partial charge in [0.2, 0.25) is 0 Å². The van der Waals surface area contributed by atoms with Crippen LogP contribution < -0.4 is 0 Å². The Bertz CT molecular complexity index is 495. The van der Waals surface area contributed by atoms with Crippen molar-refractivity contribution in [3.05, 3.63) is 70.7 Å². The highest BCUT2D eigenvalue weighted by molar-refractivity contribution is 9.10. The zero-order valence-electron chi connectivity index (χ0n) is 9.04. The molecule has 2 rings (SSSR count). The molecule has 3 heteroatoms. The van der Waals surface area contributed by atoms with Crippen molar-refractivity contribution in [2.24, 2.45) is 0 Å². The Labute approximate surface area is 120 Å². The molecule has 2 aromatic rings. The summed E-state index contributed by atoms with van der Waals surface area (Å²) in [7, 11) is 0. The Morgan fingerprint density at radius 1 is 1.00 bits per heavy atom. The fourth-order valence-corrected chi connectivity index (χ4v) is 2.77. The molecule has 0 nitrogen and oxygen atoms in total. The topological polar surface area (TPSA) is 0 Å². The van der Waals surface area contributed by atoms with Gasteiger partial charge in [0, 0.05) is 11.4 Å². The predicted molar refractivity (Wildman–Crippen MR) is 78.1 cm³/mol. The van der Waals surface area contributed by atoms with Crippen LogP contribution in [0.25, 0.3) is 0 Å². The van der Waals surface area contributed by atoms with Crippen molar-refractivity contribution >= 4 is 39.1 Å². The maximum absolute atomic E-state index is 6.52. The Balaban J connectivity index is 2.23. The number of alkyl halides is 2. The van der Waals surface area contributed by atoms with E-state index in [9.17, 15) is 0 Å². The highest BCUT2D eigenvalue weighted by atomic mass is 79.9. The molecule has 0 heterocycles. The van der Waals surface area contributed by atoms with Crippen LogP contribution in [0.5, 0.6) is 0 Å². The molecule has 0 aromatic heterocycles. The summed E-state index contributed by atoms with van der Waals surface area (Å²) in [4.78, 5) is 0. The first-order valence-electron chi connectivity index (χ1n) is 5.26. The second-order valence-electron chi connectivity index (χ2n) is 3.88. The molecule has 0 N–H and O–H groups in total. The molecule has 0 bridgehead atoms. The highest BCUT2D eigenvalue weighted by Gasteiger charge is 2.25. The fourth-order valence-electron chi connectivity index (χ4n) is 1.69. The first-order chi connectivity index (χ1) is 8.08. The summed E-state index contributed by atoms with van der Waals surface area (Å²) in [5, 5.41) is 0.732. The zero-order valence-corrected chi connectivity index (χ0v) is 12.1. The average molecular weight is 330 g/mol. The lowest BCUT2D eigenvalue weighted by atomic mass is 10.0. The molecule has 0 amide bonds. The van der Waals surface area contributed by atoms with Crippen LogP contribution in [-0.2, 0) is 10.2 Å². The van der Waals surface area contributed by atoms with Crippen molar-refractivity contribution in [2.45, 2.75) is 10.2 Å². The third-order valence-corrected chi connectivity index (χ3v) is 3.84.